The normalized spacial score (nSPS) is 12.0. The molecule has 1 rings (SSSR count). The average molecular weight is 362 g/mol. The van der Waals surface area contributed by atoms with Gasteiger partial charge >= 0.3 is 0 Å². The van der Waals surface area contributed by atoms with E-state index in [1.165, 1.54) is 0 Å². The van der Waals surface area contributed by atoms with Crippen LogP contribution >= 0.6 is 22.6 Å². The second-order valence-corrected chi connectivity index (χ2v) is 4.96. The molecule has 1 atom stereocenters. The zero-order valence-electron chi connectivity index (χ0n) is 11.0. The van der Waals surface area contributed by atoms with Crippen LogP contribution in [-0.2, 0) is 4.74 Å². The van der Waals surface area contributed by atoms with Gasteiger partial charge in [0.05, 0.1) is 17.3 Å². The van der Waals surface area contributed by atoms with Gasteiger partial charge < -0.3 is 14.2 Å². The van der Waals surface area contributed by atoms with Crippen molar-refractivity contribution in [1.82, 2.24) is 0 Å². The molecule has 1 aromatic carbocycles. The first-order valence-corrected chi connectivity index (χ1v) is 6.98. The average Bonchev–Trinajstić information content (AvgIpc) is 2.38. The third-order valence-corrected chi connectivity index (χ3v) is 3.13. The van der Waals surface area contributed by atoms with Gasteiger partial charge in [-0.1, -0.05) is 19.6 Å². The van der Waals surface area contributed by atoms with Crippen LogP contribution in [0.3, 0.4) is 0 Å². The van der Waals surface area contributed by atoms with Crippen LogP contribution in [0.4, 0.5) is 0 Å². The van der Waals surface area contributed by atoms with Crippen molar-refractivity contribution < 1.29 is 14.2 Å². The molecule has 0 spiro atoms. The van der Waals surface area contributed by atoms with Gasteiger partial charge in [0.25, 0.3) is 0 Å². The summed E-state index contributed by atoms with van der Waals surface area (Å²) in [7, 11) is 1.63. The zero-order valence-corrected chi connectivity index (χ0v) is 13.2. The Balaban J connectivity index is 2.90. The van der Waals surface area contributed by atoms with Crippen molar-refractivity contribution in [3.05, 3.63) is 27.8 Å². The Morgan fingerprint density at radius 1 is 1.44 bits per heavy atom. The Kier molecular flexibility index (Phi) is 6.49. The lowest BCUT2D eigenvalue weighted by Gasteiger charge is -2.18. The van der Waals surface area contributed by atoms with Gasteiger partial charge in [0.15, 0.2) is 17.8 Å². The second-order valence-electron chi connectivity index (χ2n) is 3.79. The molecule has 0 aliphatic carbocycles. The molecule has 18 heavy (non-hydrogen) atoms. The van der Waals surface area contributed by atoms with E-state index in [9.17, 15) is 0 Å². The molecule has 0 aliphatic heterocycles. The van der Waals surface area contributed by atoms with E-state index in [1.807, 2.05) is 19.1 Å². The maximum Gasteiger partial charge on any atom is 0.197 e. The minimum Gasteiger partial charge on any atom is -0.493 e. The van der Waals surface area contributed by atoms with Gasteiger partial charge in [0, 0.05) is 0 Å². The molecule has 0 N–H and O–H groups in total. The van der Waals surface area contributed by atoms with Crippen LogP contribution in [0.2, 0.25) is 0 Å². The number of methoxy groups -OCH3 is 1. The van der Waals surface area contributed by atoms with Gasteiger partial charge in [-0.2, -0.15) is 0 Å². The van der Waals surface area contributed by atoms with E-state index in [2.05, 4.69) is 36.1 Å². The summed E-state index contributed by atoms with van der Waals surface area (Å²) in [6.45, 7) is 8.39. The number of hydrogen-bond donors (Lipinski definition) is 0. The Labute approximate surface area is 122 Å². The summed E-state index contributed by atoms with van der Waals surface area (Å²) in [6.07, 6.45) is 2.46. The van der Waals surface area contributed by atoms with E-state index >= 15 is 0 Å². The Bertz CT molecular complexity index is 404. The van der Waals surface area contributed by atoms with E-state index in [1.54, 1.807) is 13.2 Å². The van der Waals surface area contributed by atoms with E-state index in [0.717, 1.165) is 15.6 Å². The van der Waals surface area contributed by atoms with Crippen LogP contribution in [-0.4, -0.2) is 20.0 Å². The molecule has 0 saturated carbocycles. The smallest absolute Gasteiger partial charge is 0.197 e. The Morgan fingerprint density at radius 2 is 2.17 bits per heavy atom. The van der Waals surface area contributed by atoms with E-state index in [-0.39, 0.29) is 6.29 Å². The minimum atomic E-state index is -0.290. The van der Waals surface area contributed by atoms with Gasteiger partial charge in [-0.25, -0.2) is 0 Å². The van der Waals surface area contributed by atoms with Crippen LogP contribution in [0, 0.1) is 3.57 Å². The molecule has 3 nitrogen and oxygen atoms in total. The van der Waals surface area contributed by atoms with Crippen LogP contribution in [0.5, 0.6) is 11.5 Å². The maximum atomic E-state index is 5.78. The highest BCUT2D eigenvalue weighted by molar-refractivity contribution is 14.1. The quantitative estimate of drug-likeness (QED) is 0.540. The van der Waals surface area contributed by atoms with Crippen LogP contribution in [0.1, 0.15) is 25.8 Å². The summed E-state index contributed by atoms with van der Waals surface area (Å²) < 4.78 is 17.6. The molecule has 100 valence electrons. The Hall–Kier alpha value is -0.750. The SMILES string of the molecule is C=Cc1cc(I)c(OC(C)OCCC)c(OC)c1. The number of halogens is 1. The molecule has 0 aliphatic rings. The number of ether oxygens (including phenoxy) is 3. The lowest BCUT2D eigenvalue weighted by Crippen LogP contribution is -2.17. The molecule has 0 heterocycles. The van der Waals surface area contributed by atoms with Crippen molar-refractivity contribution in [2.45, 2.75) is 26.6 Å². The van der Waals surface area contributed by atoms with Gasteiger partial charge in [0.1, 0.15) is 0 Å². The largest absolute Gasteiger partial charge is 0.493 e. The fourth-order valence-corrected chi connectivity index (χ4v) is 2.21. The molecule has 0 amide bonds. The minimum absolute atomic E-state index is 0.290. The van der Waals surface area contributed by atoms with E-state index in [4.69, 9.17) is 14.2 Å². The zero-order chi connectivity index (χ0) is 13.5. The molecule has 4 heteroatoms. The van der Waals surface area contributed by atoms with Crippen molar-refractivity contribution in [1.29, 1.82) is 0 Å². The first kappa shape index (κ1) is 15.3. The van der Waals surface area contributed by atoms with Crippen molar-refractivity contribution in [3.8, 4) is 11.5 Å². The van der Waals surface area contributed by atoms with Crippen LogP contribution in [0.15, 0.2) is 18.7 Å². The Morgan fingerprint density at radius 3 is 2.72 bits per heavy atom. The molecule has 0 saturated heterocycles. The van der Waals surface area contributed by atoms with Crippen molar-refractivity contribution >= 4 is 28.7 Å². The van der Waals surface area contributed by atoms with E-state index in [0.29, 0.717) is 18.1 Å². The highest BCUT2D eigenvalue weighted by Gasteiger charge is 2.14. The summed E-state index contributed by atoms with van der Waals surface area (Å²) in [4.78, 5) is 0. The maximum absolute atomic E-state index is 5.78. The molecule has 1 aromatic rings. The highest BCUT2D eigenvalue weighted by Crippen LogP contribution is 2.35. The van der Waals surface area contributed by atoms with Gasteiger partial charge in [-0.15, -0.1) is 0 Å². The fraction of sp³-hybridized carbons (Fsp3) is 0.429. The first-order valence-electron chi connectivity index (χ1n) is 5.90. The molecular weight excluding hydrogens is 343 g/mol. The molecule has 1 unspecified atom stereocenters. The monoisotopic (exact) mass is 362 g/mol. The first-order chi connectivity index (χ1) is 8.62. The summed E-state index contributed by atoms with van der Waals surface area (Å²) >= 11 is 2.22. The standard InChI is InChI=1S/C14H19IO3/c1-5-7-17-10(3)18-14-12(15)8-11(6-2)9-13(14)16-4/h6,8-10H,2,5,7H2,1,3-4H3. The summed E-state index contributed by atoms with van der Waals surface area (Å²) in [5, 5.41) is 0. The van der Waals surface area contributed by atoms with Crippen molar-refractivity contribution in [2.75, 3.05) is 13.7 Å². The molecule has 0 fully saturated rings. The van der Waals surface area contributed by atoms with Gasteiger partial charge in [-0.05, 0) is 53.6 Å². The van der Waals surface area contributed by atoms with E-state index < -0.39 is 0 Å². The second kappa shape index (κ2) is 7.63. The van der Waals surface area contributed by atoms with Crippen molar-refractivity contribution in [2.24, 2.45) is 0 Å². The van der Waals surface area contributed by atoms with Crippen molar-refractivity contribution in [3.63, 3.8) is 0 Å². The molecular formula is C14H19IO3. The fourth-order valence-electron chi connectivity index (χ4n) is 1.46. The summed E-state index contributed by atoms with van der Waals surface area (Å²) in [6, 6.07) is 3.90. The molecule has 0 bridgehead atoms. The summed E-state index contributed by atoms with van der Waals surface area (Å²) in [5.41, 5.74) is 1.01. The predicted molar refractivity (Wildman–Crippen MR) is 82.1 cm³/mol. The number of benzene rings is 1. The lowest BCUT2D eigenvalue weighted by atomic mass is 10.2. The third-order valence-electron chi connectivity index (χ3n) is 2.33. The van der Waals surface area contributed by atoms with Gasteiger partial charge in [0.2, 0.25) is 0 Å². The summed E-state index contributed by atoms with van der Waals surface area (Å²) in [5.74, 6) is 1.41. The highest BCUT2D eigenvalue weighted by atomic mass is 127. The van der Waals surface area contributed by atoms with Gasteiger partial charge in [-0.3, -0.25) is 0 Å². The predicted octanol–water partition coefficient (Wildman–Crippen LogP) is 4.09. The lowest BCUT2D eigenvalue weighted by molar-refractivity contribution is -0.0677. The topological polar surface area (TPSA) is 27.7 Å². The molecule has 0 radical (unpaired) electrons. The van der Waals surface area contributed by atoms with Crippen LogP contribution < -0.4 is 9.47 Å². The number of hydrogen-bond acceptors (Lipinski definition) is 3. The number of rotatable bonds is 7. The molecule has 0 aromatic heterocycles. The third kappa shape index (κ3) is 4.17. The van der Waals surface area contributed by atoms with Crippen LogP contribution in [0.25, 0.3) is 6.08 Å².